The molecule has 0 aliphatic rings. The van der Waals surface area contributed by atoms with Crippen LogP contribution >= 0.6 is 0 Å². The van der Waals surface area contributed by atoms with E-state index < -0.39 is 18.0 Å². The molecule has 0 N–H and O–H groups in total. The summed E-state index contributed by atoms with van der Waals surface area (Å²) < 4.78 is 16.6. The fourth-order valence-electron chi connectivity index (χ4n) is 6.41. The summed E-state index contributed by atoms with van der Waals surface area (Å²) in [6, 6.07) is 0. The predicted molar refractivity (Wildman–Crippen MR) is 324 cm³/mol. The number of carbonyl (C=O) groups is 3. The highest BCUT2D eigenvalue weighted by Gasteiger charge is 2.19. The standard InChI is InChI=1S/C69H98O6/c1-4-7-10-13-16-19-22-25-28-30-32-33-34-35-37-38-41-44-47-50-53-56-59-62-68(71)74-65-66(64-73-67(70)61-58-55-52-49-46-43-40-27-24-21-18-15-12-9-6-3)75-69(72)63-60-57-54-51-48-45-42-39-36-31-29-26-23-20-17-14-11-8-5-2/h7-12,16-21,25-29,32-33,35-37,39-41,44-46,48-50,53-55,57-58,66H,4-6,13-15,22-24,30-31,34,38,42-43,47,51-52,56,59-65H2,1-3H3/b10-7-,11-8-,12-9-,19-16-,20-17-,21-18-,28-25-,29-26-,33-32-,37-35-,39-36-,40-27-,44-41-,48-45-,49-46-,53-50-,57-54-,58-55-. The van der Waals surface area contributed by atoms with E-state index in [-0.39, 0.29) is 38.4 Å². The summed E-state index contributed by atoms with van der Waals surface area (Å²) in [7, 11) is 0. The Bertz CT molecular complexity index is 1940. The summed E-state index contributed by atoms with van der Waals surface area (Å²) in [4.78, 5) is 38.0. The third kappa shape index (κ3) is 58.5. The highest BCUT2D eigenvalue weighted by Crippen LogP contribution is 2.07. The van der Waals surface area contributed by atoms with Gasteiger partial charge in [-0.1, -0.05) is 240 Å². The number of unbranched alkanes of at least 4 members (excludes halogenated alkanes) is 1. The van der Waals surface area contributed by atoms with Crippen LogP contribution in [0, 0.1) is 0 Å². The molecule has 75 heavy (non-hydrogen) atoms. The first-order valence-electron chi connectivity index (χ1n) is 28.2. The molecule has 0 aromatic rings. The summed E-state index contributed by atoms with van der Waals surface area (Å²) >= 11 is 0. The van der Waals surface area contributed by atoms with E-state index in [1.165, 1.54) is 0 Å². The van der Waals surface area contributed by atoms with Gasteiger partial charge in [0.2, 0.25) is 0 Å². The number of ether oxygens (including phenoxy) is 3. The quantitative estimate of drug-likeness (QED) is 0.0262. The molecule has 6 nitrogen and oxygen atoms in total. The first-order valence-corrected chi connectivity index (χ1v) is 28.2. The van der Waals surface area contributed by atoms with Crippen LogP contribution in [-0.2, 0) is 28.6 Å². The topological polar surface area (TPSA) is 78.9 Å². The van der Waals surface area contributed by atoms with Crippen LogP contribution in [-0.4, -0.2) is 37.2 Å². The van der Waals surface area contributed by atoms with E-state index in [1.54, 1.807) is 6.08 Å². The predicted octanol–water partition coefficient (Wildman–Crippen LogP) is 19.4. The number of carbonyl (C=O) groups excluding carboxylic acids is 3. The van der Waals surface area contributed by atoms with Gasteiger partial charge in [-0.05, 0) is 135 Å². The molecule has 0 aromatic carbocycles. The molecule has 0 bridgehead atoms. The van der Waals surface area contributed by atoms with Crippen molar-refractivity contribution in [2.75, 3.05) is 13.2 Å². The fourth-order valence-corrected chi connectivity index (χ4v) is 6.41. The van der Waals surface area contributed by atoms with Crippen LogP contribution in [0.25, 0.3) is 0 Å². The summed E-state index contributed by atoms with van der Waals surface area (Å²) in [5.41, 5.74) is 0. The van der Waals surface area contributed by atoms with Crippen LogP contribution in [0.2, 0.25) is 0 Å². The SMILES string of the molecule is CC/C=C\C/C=C\C/C=C\C/C=C\C/C=C\C/C=C\C/C=C\CCCC(=O)OCC(COC(=O)C/C=C\C/C=C\C/C=C\C/C=C\C/C=C\CC)OC(=O)CC/C=C\C/C=C\C/C=C\C/C=C\C/C=C\C/C=C\CC. The molecule has 0 saturated carbocycles. The van der Waals surface area contributed by atoms with E-state index in [0.29, 0.717) is 19.3 Å². The van der Waals surface area contributed by atoms with Crippen molar-refractivity contribution in [3.63, 3.8) is 0 Å². The van der Waals surface area contributed by atoms with Gasteiger partial charge in [0, 0.05) is 12.8 Å². The number of hydrogen-bond acceptors (Lipinski definition) is 6. The van der Waals surface area contributed by atoms with E-state index in [2.05, 4.69) is 215 Å². The van der Waals surface area contributed by atoms with Crippen molar-refractivity contribution in [1.29, 1.82) is 0 Å². The smallest absolute Gasteiger partial charge is 0.309 e. The lowest BCUT2D eigenvalue weighted by atomic mass is 10.2. The van der Waals surface area contributed by atoms with Crippen molar-refractivity contribution in [2.45, 2.75) is 181 Å². The van der Waals surface area contributed by atoms with Crippen molar-refractivity contribution in [2.24, 2.45) is 0 Å². The Kier molecular flexibility index (Phi) is 55.2. The lowest BCUT2D eigenvalue weighted by Crippen LogP contribution is -2.30. The molecule has 0 saturated heterocycles. The van der Waals surface area contributed by atoms with Gasteiger partial charge in [0.15, 0.2) is 6.10 Å². The fraction of sp³-hybridized carbons (Fsp3) is 0.435. The van der Waals surface area contributed by atoms with Crippen molar-refractivity contribution in [1.82, 2.24) is 0 Å². The monoisotopic (exact) mass is 1020 g/mol. The Morgan fingerprint density at radius 2 is 0.533 bits per heavy atom. The molecule has 0 amide bonds. The summed E-state index contributed by atoms with van der Waals surface area (Å²) in [6.07, 6.45) is 95.4. The molecule has 0 heterocycles. The van der Waals surface area contributed by atoms with Crippen LogP contribution in [0.5, 0.6) is 0 Å². The second-order valence-corrected chi connectivity index (χ2v) is 17.4. The van der Waals surface area contributed by atoms with Gasteiger partial charge < -0.3 is 14.2 Å². The van der Waals surface area contributed by atoms with Crippen LogP contribution in [0.15, 0.2) is 219 Å². The molecule has 0 aliphatic heterocycles. The maximum Gasteiger partial charge on any atom is 0.309 e. The van der Waals surface area contributed by atoms with E-state index in [9.17, 15) is 14.4 Å². The van der Waals surface area contributed by atoms with Crippen LogP contribution in [0.1, 0.15) is 175 Å². The number of esters is 3. The molecule has 0 aliphatic carbocycles. The second kappa shape index (κ2) is 60.3. The first kappa shape index (κ1) is 68.7. The average Bonchev–Trinajstić information content (AvgIpc) is 3.41. The Labute approximate surface area is 457 Å². The minimum atomic E-state index is -0.898. The van der Waals surface area contributed by atoms with Gasteiger partial charge in [-0.3, -0.25) is 14.4 Å². The summed E-state index contributed by atoms with van der Waals surface area (Å²) in [5.74, 6) is -1.27. The third-order valence-electron chi connectivity index (χ3n) is 10.5. The molecule has 0 aromatic heterocycles. The van der Waals surface area contributed by atoms with Crippen molar-refractivity contribution >= 4 is 17.9 Å². The zero-order valence-electron chi connectivity index (χ0n) is 46.7. The molecule has 0 fully saturated rings. The summed E-state index contributed by atoms with van der Waals surface area (Å²) in [5, 5.41) is 0. The second-order valence-electron chi connectivity index (χ2n) is 17.4. The molecule has 6 heteroatoms. The van der Waals surface area contributed by atoms with Gasteiger partial charge >= 0.3 is 17.9 Å². The Hall–Kier alpha value is -6.27. The third-order valence-corrected chi connectivity index (χ3v) is 10.5. The molecule has 1 atom stereocenters. The van der Waals surface area contributed by atoms with Gasteiger partial charge in [0.25, 0.3) is 0 Å². The molecule has 0 spiro atoms. The Morgan fingerprint density at radius 3 is 0.840 bits per heavy atom. The Balaban J connectivity index is 4.74. The maximum atomic E-state index is 12.8. The Morgan fingerprint density at radius 1 is 0.280 bits per heavy atom. The van der Waals surface area contributed by atoms with Gasteiger partial charge in [0.05, 0.1) is 6.42 Å². The highest BCUT2D eigenvalue weighted by molar-refractivity contribution is 5.72. The van der Waals surface area contributed by atoms with Crippen molar-refractivity contribution in [3.05, 3.63) is 219 Å². The van der Waals surface area contributed by atoms with Gasteiger partial charge in [0.1, 0.15) is 13.2 Å². The van der Waals surface area contributed by atoms with Gasteiger partial charge in [-0.2, -0.15) is 0 Å². The molecule has 0 radical (unpaired) electrons. The lowest BCUT2D eigenvalue weighted by molar-refractivity contribution is -0.166. The zero-order chi connectivity index (χ0) is 54.3. The number of rotatable bonds is 47. The van der Waals surface area contributed by atoms with E-state index in [4.69, 9.17) is 14.2 Å². The van der Waals surface area contributed by atoms with E-state index in [1.807, 2.05) is 18.2 Å². The van der Waals surface area contributed by atoms with E-state index in [0.717, 1.165) is 116 Å². The normalized spacial score (nSPS) is 13.8. The maximum absolute atomic E-state index is 12.8. The zero-order valence-corrected chi connectivity index (χ0v) is 46.7. The minimum absolute atomic E-state index is 0.0876. The molecule has 0 rings (SSSR count). The molecular formula is C69H98O6. The van der Waals surface area contributed by atoms with Crippen LogP contribution in [0.3, 0.4) is 0 Å². The van der Waals surface area contributed by atoms with Gasteiger partial charge in [-0.25, -0.2) is 0 Å². The van der Waals surface area contributed by atoms with Crippen molar-refractivity contribution in [3.8, 4) is 0 Å². The van der Waals surface area contributed by atoms with Crippen LogP contribution < -0.4 is 0 Å². The molecular weight excluding hydrogens is 925 g/mol. The van der Waals surface area contributed by atoms with E-state index >= 15 is 0 Å². The number of allylic oxidation sites excluding steroid dienone is 35. The van der Waals surface area contributed by atoms with Gasteiger partial charge in [-0.15, -0.1) is 0 Å². The largest absolute Gasteiger partial charge is 0.462 e. The number of hydrogen-bond donors (Lipinski definition) is 0. The average molecular weight is 1020 g/mol. The highest BCUT2D eigenvalue weighted by atomic mass is 16.6. The first-order chi connectivity index (χ1) is 37.0. The van der Waals surface area contributed by atoms with Crippen LogP contribution in [0.4, 0.5) is 0 Å². The summed E-state index contributed by atoms with van der Waals surface area (Å²) in [6.45, 7) is 6.05. The molecule has 1 unspecified atom stereocenters. The van der Waals surface area contributed by atoms with Crippen molar-refractivity contribution < 1.29 is 28.6 Å². The molecule has 410 valence electrons. The minimum Gasteiger partial charge on any atom is -0.462 e. The lowest BCUT2D eigenvalue weighted by Gasteiger charge is -2.18.